The van der Waals surface area contributed by atoms with E-state index in [1.165, 1.54) is 66.0 Å². The van der Waals surface area contributed by atoms with Crippen LogP contribution in [0, 0.1) is 0 Å². The molecule has 9 aromatic rings. The number of hydrazine groups is 1. The fourth-order valence-electron chi connectivity index (χ4n) is 8.53. The second-order valence-corrected chi connectivity index (χ2v) is 13.4. The second-order valence-electron chi connectivity index (χ2n) is 13.4. The standard InChI is InChI=1S/C45H33N5/c1-3-14-30(15-4-1)43-46-44(50-45(49(43)50)31-16-5-2-6-17-31)32-18-13-19-33(28-32)47-41-25-12-9-22-37(41)38-29-34(26-27-42(38)47)48-39-23-10-7-20-35(39)36-21-8-11-24-40(36)48/h1-29,43-46H. The number of rotatable bonds is 5. The van der Waals surface area contributed by atoms with E-state index in [-0.39, 0.29) is 18.5 Å². The highest BCUT2D eigenvalue weighted by molar-refractivity contribution is 6.12. The largest absolute Gasteiger partial charge is 0.309 e. The zero-order valence-corrected chi connectivity index (χ0v) is 27.3. The van der Waals surface area contributed by atoms with Crippen LogP contribution in [0.3, 0.4) is 0 Å². The van der Waals surface area contributed by atoms with Crippen molar-refractivity contribution in [2.45, 2.75) is 18.5 Å². The van der Waals surface area contributed by atoms with Crippen molar-refractivity contribution in [3.05, 3.63) is 193 Å². The molecule has 11 rings (SSSR count). The van der Waals surface area contributed by atoms with Crippen molar-refractivity contribution < 1.29 is 0 Å². The van der Waals surface area contributed by atoms with E-state index in [0.717, 1.165) is 5.69 Å². The number of fused-ring (bicyclic) bond motifs is 7. The third-order valence-electron chi connectivity index (χ3n) is 10.7. The first kappa shape index (κ1) is 27.9. The molecule has 0 spiro atoms. The highest BCUT2D eigenvalue weighted by Crippen LogP contribution is 2.57. The Hall–Kier alpha value is -5.98. The number of benzene rings is 7. The summed E-state index contributed by atoms with van der Waals surface area (Å²) >= 11 is 0. The molecule has 2 fully saturated rings. The van der Waals surface area contributed by atoms with E-state index in [2.05, 4.69) is 200 Å². The predicted octanol–water partition coefficient (Wildman–Crippen LogP) is 10.4. The van der Waals surface area contributed by atoms with E-state index >= 15 is 0 Å². The Kier molecular flexibility index (Phi) is 6.01. The van der Waals surface area contributed by atoms with Crippen molar-refractivity contribution in [2.24, 2.45) is 0 Å². The number of hydrogen-bond acceptors (Lipinski definition) is 3. The number of hydrogen-bond donors (Lipinski definition) is 1. The zero-order valence-electron chi connectivity index (χ0n) is 27.3. The van der Waals surface area contributed by atoms with Crippen LogP contribution in [-0.2, 0) is 0 Å². The first-order valence-corrected chi connectivity index (χ1v) is 17.4. The van der Waals surface area contributed by atoms with E-state index in [0.29, 0.717) is 0 Å². The topological polar surface area (TPSA) is 27.9 Å². The average Bonchev–Trinajstić information content (AvgIpc) is 3.46. The van der Waals surface area contributed by atoms with E-state index in [1.807, 2.05) is 0 Å². The van der Waals surface area contributed by atoms with Crippen molar-refractivity contribution >= 4 is 43.6 Å². The van der Waals surface area contributed by atoms with Gasteiger partial charge < -0.3 is 9.13 Å². The summed E-state index contributed by atoms with van der Waals surface area (Å²) in [5.41, 5.74) is 11.0. The van der Waals surface area contributed by atoms with Crippen LogP contribution in [0.4, 0.5) is 0 Å². The third-order valence-corrected chi connectivity index (χ3v) is 10.7. The van der Waals surface area contributed by atoms with Gasteiger partial charge in [0.25, 0.3) is 0 Å². The number of nitrogens with one attached hydrogen (secondary N) is 1. The molecule has 5 heteroatoms. The Morgan fingerprint density at radius 1 is 0.340 bits per heavy atom. The van der Waals surface area contributed by atoms with Gasteiger partial charge in [-0.05, 0) is 65.2 Å². The van der Waals surface area contributed by atoms with Crippen molar-refractivity contribution in [3.8, 4) is 11.4 Å². The first-order valence-electron chi connectivity index (χ1n) is 17.4. The Morgan fingerprint density at radius 3 is 1.42 bits per heavy atom. The predicted molar refractivity (Wildman–Crippen MR) is 203 cm³/mol. The maximum Gasteiger partial charge on any atom is 0.119 e. The lowest BCUT2D eigenvalue weighted by atomic mass is 10.1. The maximum atomic E-state index is 3.96. The molecule has 4 heterocycles. The fraction of sp³-hybridized carbons (Fsp3) is 0.0667. The SMILES string of the molecule is c1ccc(C2NC(c3cccc(-n4c5ccccc5c5cc(-n6c7ccccc7c7ccccc76)ccc54)c3)N3C(c4ccccc4)N23)cc1. The smallest absolute Gasteiger partial charge is 0.119 e. The van der Waals surface area contributed by atoms with Crippen LogP contribution in [0.2, 0.25) is 0 Å². The molecule has 2 aromatic heterocycles. The summed E-state index contributed by atoms with van der Waals surface area (Å²) < 4.78 is 4.84. The molecule has 7 aromatic carbocycles. The normalized spacial score (nSPS) is 21.3. The minimum atomic E-state index is 0.0420. The number of nitrogens with zero attached hydrogens (tertiary/aromatic N) is 4. The molecule has 1 N–H and O–H groups in total. The number of aromatic nitrogens is 2. The lowest BCUT2D eigenvalue weighted by molar-refractivity contribution is 0.314. The average molecular weight is 644 g/mol. The molecule has 0 bridgehead atoms. The van der Waals surface area contributed by atoms with Gasteiger partial charge in [0.15, 0.2) is 0 Å². The Bertz CT molecular complexity index is 2670. The molecule has 0 amide bonds. The van der Waals surface area contributed by atoms with Gasteiger partial charge in [0.2, 0.25) is 0 Å². The van der Waals surface area contributed by atoms with Crippen molar-refractivity contribution in [2.75, 3.05) is 0 Å². The van der Waals surface area contributed by atoms with Crippen molar-refractivity contribution in [1.82, 2.24) is 24.5 Å². The van der Waals surface area contributed by atoms with E-state index in [4.69, 9.17) is 0 Å². The molecular weight excluding hydrogens is 611 g/mol. The Labute approximate surface area is 289 Å². The maximum absolute atomic E-state index is 3.96. The van der Waals surface area contributed by atoms with E-state index < -0.39 is 0 Å². The van der Waals surface area contributed by atoms with E-state index in [1.54, 1.807) is 0 Å². The molecule has 238 valence electrons. The Balaban J connectivity index is 1.04. The molecular formula is C45H33N5. The molecule has 2 saturated heterocycles. The first-order chi connectivity index (χ1) is 24.8. The molecule has 0 radical (unpaired) electrons. The minimum Gasteiger partial charge on any atom is -0.309 e. The van der Waals surface area contributed by atoms with Crippen LogP contribution in [0.15, 0.2) is 176 Å². The van der Waals surface area contributed by atoms with Crippen LogP contribution in [-0.4, -0.2) is 19.2 Å². The summed E-state index contributed by atoms with van der Waals surface area (Å²) in [5.74, 6) is 0. The molecule has 0 saturated carbocycles. The lowest BCUT2D eigenvalue weighted by Crippen LogP contribution is -2.27. The van der Waals surface area contributed by atoms with Crippen LogP contribution >= 0.6 is 0 Å². The van der Waals surface area contributed by atoms with E-state index in [9.17, 15) is 0 Å². The summed E-state index contributed by atoms with van der Waals surface area (Å²) in [6, 6.07) is 64.0. The molecule has 5 atom stereocenters. The highest BCUT2D eigenvalue weighted by atomic mass is 15.9. The van der Waals surface area contributed by atoms with Gasteiger partial charge in [0.05, 0.1) is 22.1 Å². The van der Waals surface area contributed by atoms with Crippen molar-refractivity contribution in [3.63, 3.8) is 0 Å². The molecule has 5 unspecified atom stereocenters. The highest BCUT2D eigenvalue weighted by Gasteiger charge is 2.60. The summed E-state index contributed by atoms with van der Waals surface area (Å²) in [6.07, 6.45) is 0.367. The van der Waals surface area contributed by atoms with Crippen LogP contribution in [0.5, 0.6) is 0 Å². The Morgan fingerprint density at radius 2 is 0.800 bits per heavy atom. The van der Waals surface area contributed by atoms with Gasteiger partial charge in [0, 0.05) is 32.9 Å². The summed E-state index contributed by atoms with van der Waals surface area (Å²) in [5, 5.41) is 14.0. The summed E-state index contributed by atoms with van der Waals surface area (Å²) in [6.45, 7) is 0. The zero-order chi connectivity index (χ0) is 32.8. The van der Waals surface area contributed by atoms with Gasteiger partial charge in [-0.2, -0.15) is 10.0 Å². The van der Waals surface area contributed by atoms with Gasteiger partial charge in [-0.15, -0.1) is 0 Å². The third kappa shape index (κ3) is 4.06. The quantitative estimate of drug-likeness (QED) is 0.189. The molecule has 2 aliphatic rings. The lowest BCUT2D eigenvalue weighted by Gasteiger charge is -2.21. The van der Waals surface area contributed by atoms with Crippen LogP contribution in [0.25, 0.3) is 55.0 Å². The molecule has 50 heavy (non-hydrogen) atoms. The molecule has 2 aliphatic heterocycles. The summed E-state index contributed by atoms with van der Waals surface area (Å²) in [7, 11) is 0. The van der Waals surface area contributed by atoms with Crippen LogP contribution in [0.1, 0.15) is 35.2 Å². The van der Waals surface area contributed by atoms with Gasteiger partial charge in [-0.1, -0.05) is 127 Å². The van der Waals surface area contributed by atoms with Gasteiger partial charge in [0.1, 0.15) is 18.5 Å². The molecule has 5 nitrogen and oxygen atoms in total. The van der Waals surface area contributed by atoms with Gasteiger partial charge >= 0.3 is 0 Å². The summed E-state index contributed by atoms with van der Waals surface area (Å²) in [4.78, 5) is 0. The van der Waals surface area contributed by atoms with Crippen molar-refractivity contribution in [1.29, 1.82) is 0 Å². The number of para-hydroxylation sites is 3. The van der Waals surface area contributed by atoms with Gasteiger partial charge in [-0.3, -0.25) is 5.32 Å². The second kappa shape index (κ2) is 10.8. The minimum absolute atomic E-state index is 0.0420. The van der Waals surface area contributed by atoms with Gasteiger partial charge in [-0.25, -0.2) is 0 Å². The van der Waals surface area contributed by atoms with Crippen LogP contribution < -0.4 is 5.32 Å². The fourth-order valence-corrected chi connectivity index (χ4v) is 8.53. The monoisotopic (exact) mass is 643 g/mol. The molecule has 0 aliphatic carbocycles.